The van der Waals surface area contributed by atoms with Gasteiger partial charge >= 0.3 is 0 Å². The summed E-state index contributed by atoms with van der Waals surface area (Å²) in [4.78, 5) is 16.7. The van der Waals surface area contributed by atoms with Gasteiger partial charge in [-0.15, -0.1) is 0 Å². The van der Waals surface area contributed by atoms with Crippen LogP contribution in [-0.4, -0.2) is 21.1 Å². The molecule has 0 saturated heterocycles. The SMILES string of the molecule is O=C(Nc1ccccc1Oc1cccc(F)c1)c1ccc(CSc2ncn[nH]2)cc1. The number of carbonyl (C=O) groups excluding carboxylic acids is 1. The van der Waals surface area contributed by atoms with Crippen molar-refractivity contribution in [1.29, 1.82) is 0 Å². The Balaban J connectivity index is 1.42. The first kappa shape index (κ1) is 19.7. The number of hydrogen-bond donors (Lipinski definition) is 2. The van der Waals surface area contributed by atoms with Crippen molar-refractivity contribution in [3.05, 3.63) is 96.1 Å². The summed E-state index contributed by atoms with van der Waals surface area (Å²) < 4.78 is 19.2. The highest BCUT2D eigenvalue weighted by atomic mass is 32.2. The molecule has 3 aromatic carbocycles. The van der Waals surface area contributed by atoms with E-state index in [4.69, 9.17) is 4.74 Å². The second-order valence-electron chi connectivity index (χ2n) is 6.29. The van der Waals surface area contributed by atoms with Gasteiger partial charge < -0.3 is 10.1 Å². The molecule has 0 bridgehead atoms. The van der Waals surface area contributed by atoms with E-state index in [9.17, 15) is 9.18 Å². The fraction of sp³-hybridized carbons (Fsp3) is 0.0455. The van der Waals surface area contributed by atoms with Gasteiger partial charge in [-0.3, -0.25) is 9.89 Å². The van der Waals surface area contributed by atoms with E-state index in [-0.39, 0.29) is 5.91 Å². The number of rotatable bonds is 7. The smallest absolute Gasteiger partial charge is 0.255 e. The molecule has 0 aliphatic heterocycles. The van der Waals surface area contributed by atoms with Crippen LogP contribution in [0.3, 0.4) is 0 Å². The first-order valence-electron chi connectivity index (χ1n) is 9.08. The molecule has 8 heteroatoms. The molecule has 1 aromatic heterocycles. The molecular weight excluding hydrogens is 403 g/mol. The van der Waals surface area contributed by atoms with Crippen molar-refractivity contribution in [3.8, 4) is 11.5 Å². The van der Waals surface area contributed by atoms with Crippen LogP contribution >= 0.6 is 11.8 Å². The molecule has 0 fully saturated rings. The molecule has 1 amide bonds. The number of amides is 1. The Morgan fingerprint density at radius 2 is 1.90 bits per heavy atom. The van der Waals surface area contributed by atoms with Crippen LogP contribution in [0.25, 0.3) is 0 Å². The third-order valence-electron chi connectivity index (χ3n) is 4.14. The van der Waals surface area contributed by atoms with Crippen molar-refractivity contribution in [2.24, 2.45) is 0 Å². The molecule has 0 saturated carbocycles. The summed E-state index contributed by atoms with van der Waals surface area (Å²) >= 11 is 1.53. The highest BCUT2D eigenvalue weighted by molar-refractivity contribution is 7.98. The van der Waals surface area contributed by atoms with Gasteiger partial charge in [-0.25, -0.2) is 9.37 Å². The Morgan fingerprint density at radius 1 is 1.07 bits per heavy atom. The number of thioether (sulfide) groups is 1. The van der Waals surface area contributed by atoms with Crippen LogP contribution in [0, 0.1) is 5.82 Å². The van der Waals surface area contributed by atoms with Crippen molar-refractivity contribution < 1.29 is 13.9 Å². The quantitative estimate of drug-likeness (QED) is 0.398. The first-order valence-corrected chi connectivity index (χ1v) is 10.1. The zero-order valence-corrected chi connectivity index (χ0v) is 16.5. The number of nitrogens with zero attached hydrogens (tertiary/aromatic N) is 2. The number of anilines is 1. The van der Waals surface area contributed by atoms with Crippen LogP contribution in [0.15, 0.2) is 84.3 Å². The maximum atomic E-state index is 13.4. The minimum atomic E-state index is -0.393. The number of hydrogen-bond acceptors (Lipinski definition) is 5. The number of nitrogens with one attached hydrogen (secondary N) is 2. The number of benzene rings is 3. The van der Waals surface area contributed by atoms with Gasteiger partial charge in [0.25, 0.3) is 5.91 Å². The van der Waals surface area contributed by atoms with E-state index in [1.165, 1.54) is 30.2 Å². The molecule has 1 heterocycles. The van der Waals surface area contributed by atoms with E-state index in [0.29, 0.717) is 28.5 Å². The monoisotopic (exact) mass is 420 g/mol. The Kier molecular flexibility index (Phi) is 6.05. The zero-order valence-electron chi connectivity index (χ0n) is 15.7. The number of carbonyl (C=O) groups is 1. The molecule has 0 radical (unpaired) electrons. The number of aromatic nitrogens is 3. The number of para-hydroxylation sites is 2. The Bertz CT molecular complexity index is 1130. The van der Waals surface area contributed by atoms with Crippen molar-refractivity contribution in [1.82, 2.24) is 15.2 Å². The van der Waals surface area contributed by atoms with Crippen molar-refractivity contribution in [2.45, 2.75) is 10.9 Å². The van der Waals surface area contributed by atoms with Gasteiger partial charge in [-0.05, 0) is 42.0 Å². The van der Waals surface area contributed by atoms with E-state index in [2.05, 4.69) is 20.5 Å². The third kappa shape index (κ3) is 5.03. The van der Waals surface area contributed by atoms with Gasteiger partial charge in [0, 0.05) is 17.4 Å². The summed E-state index contributed by atoms with van der Waals surface area (Å²) in [7, 11) is 0. The largest absolute Gasteiger partial charge is 0.455 e. The first-order chi connectivity index (χ1) is 14.7. The molecule has 150 valence electrons. The third-order valence-corrected chi connectivity index (χ3v) is 5.09. The van der Waals surface area contributed by atoms with Gasteiger partial charge in [0.2, 0.25) is 0 Å². The van der Waals surface area contributed by atoms with E-state index in [1.807, 2.05) is 12.1 Å². The van der Waals surface area contributed by atoms with Crippen LogP contribution in [0.2, 0.25) is 0 Å². The maximum Gasteiger partial charge on any atom is 0.255 e. The predicted octanol–water partition coefficient (Wildman–Crippen LogP) is 5.28. The molecule has 0 atom stereocenters. The summed E-state index contributed by atoms with van der Waals surface area (Å²) in [5.74, 6) is 0.832. The molecule has 4 aromatic rings. The van der Waals surface area contributed by atoms with E-state index >= 15 is 0 Å². The van der Waals surface area contributed by atoms with Gasteiger partial charge in [-0.2, -0.15) is 5.10 Å². The van der Waals surface area contributed by atoms with Gasteiger partial charge in [0.05, 0.1) is 5.69 Å². The van der Waals surface area contributed by atoms with Crippen molar-refractivity contribution in [2.75, 3.05) is 5.32 Å². The number of ether oxygens (including phenoxy) is 1. The van der Waals surface area contributed by atoms with Gasteiger partial charge in [-0.1, -0.05) is 42.1 Å². The van der Waals surface area contributed by atoms with Gasteiger partial charge in [0.1, 0.15) is 17.9 Å². The molecule has 6 nitrogen and oxygen atoms in total. The lowest BCUT2D eigenvalue weighted by Gasteiger charge is -2.12. The van der Waals surface area contributed by atoms with Gasteiger partial charge in [0.15, 0.2) is 10.9 Å². The summed E-state index contributed by atoms with van der Waals surface area (Å²) in [5.41, 5.74) is 2.07. The topological polar surface area (TPSA) is 79.9 Å². The predicted molar refractivity (Wildman–Crippen MR) is 113 cm³/mol. The van der Waals surface area contributed by atoms with Crippen molar-refractivity contribution in [3.63, 3.8) is 0 Å². The highest BCUT2D eigenvalue weighted by Gasteiger charge is 2.11. The molecular formula is C22H17FN4O2S. The van der Waals surface area contributed by atoms with Crippen LogP contribution in [0.5, 0.6) is 11.5 Å². The highest BCUT2D eigenvalue weighted by Crippen LogP contribution is 2.30. The number of H-pyrrole nitrogens is 1. The van der Waals surface area contributed by atoms with Crippen LogP contribution in [-0.2, 0) is 5.75 Å². The molecule has 0 aliphatic carbocycles. The maximum absolute atomic E-state index is 13.4. The van der Waals surface area contributed by atoms with E-state index < -0.39 is 5.82 Å². The van der Waals surface area contributed by atoms with Crippen LogP contribution in [0.1, 0.15) is 15.9 Å². The summed E-state index contributed by atoms with van der Waals surface area (Å²) in [6.07, 6.45) is 1.46. The summed E-state index contributed by atoms with van der Waals surface area (Å²) in [6.45, 7) is 0. The average Bonchev–Trinajstić information content (AvgIpc) is 3.28. The fourth-order valence-corrected chi connectivity index (χ4v) is 3.41. The minimum Gasteiger partial charge on any atom is -0.455 e. The molecule has 2 N–H and O–H groups in total. The molecule has 4 rings (SSSR count). The second kappa shape index (κ2) is 9.23. The molecule has 0 spiro atoms. The van der Waals surface area contributed by atoms with Crippen LogP contribution in [0.4, 0.5) is 10.1 Å². The Morgan fingerprint density at radius 3 is 2.67 bits per heavy atom. The molecule has 30 heavy (non-hydrogen) atoms. The fourth-order valence-electron chi connectivity index (χ4n) is 2.68. The van der Waals surface area contributed by atoms with Crippen molar-refractivity contribution >= 4 is 23.4 Å². The van der Waals surface area contributed by atoms with E-state index in [0.717, 1.165) is 10.7 Å². The Hall–Kier alpha value is -3.65. The lowest BCUT2D eigenvalue weighted by atomic mass is 10.1. The minimum absolute atomic E-state index is 0.264. The molecule has 0 aliphatic rings. The Labute approximate surface area is 176 Å². The van der Waals surface area contributed by atoms with Crippen LogP contribution < -0.4 is 10.1 Å². The van der Waals surface area contributed by atoms with E-state index in [1.54, 1.807) is 48.5 Å². The lowest BCUT2D eigenvalue weighted by Crippen LogP contribution is -2.12. The number of halogens is 1. The zero-order chi connectivity index (χ0) is 20.8. The average molecular weight is 420 g/mol. The summed E-state index contributed by atoms with van der Waals surface area (Å²) in [5, 5.41) is 10.2. The lowest BCUT2D eigenvalue weighted by molar-refractivity contribution is 0.102. The summed E-state index contributed by atoms with van der Waals surface area (Å²) in [6, 6.07) is 20.2. The number of aromatic amines is 1. The second-order valence-corrected chi connectivity index (χ2v) is 7.25. The normalized spacial score (nSPS) is 10.6. The molecule has 0 unspecified atom stereocenters. The standard InChI is InChI=1S/C22H17FN4O2S/c23-17-4-3-5-18(12-17)29-20-7-2-1-6-19(20)26-21(28)16-10-8-15(9-11-16)13-30-22-24-14-25-27-22/h1-12,14H,13H2,(H,26,28)(H,24,25,27).